The van der Waals surface area contributed by atoms with Crippen molar-refractivity contribution in [3.05, 3.63) is 12.7 Å². The van der Waals surface area contributed by atoms with Gasteiger partial charge in [-0.1, -0.05) is 6.58 Å². The number of ketones is 1. The van der Waals surface area contributed by atoms with Crippen molar-refractivity contribution in [2.45, 2.75) is 6.10 Å². The zero-order valence-corrected chi connectivity index (χ0v) is 6.90. The Hall–Kier alpha value is -0.710. The summed E-state index contributed by atoms with van der Waals surface area (Å²) in [6.45, 7) is 4.98. The lowest BCUT2D eigenvalue weighted by atomic mass is 10.2. The quantitative estimate of drug-likeness (QED) is 0.576. The van der Waals surface area contributed by atoms with Gasteiger partial charge in [0.1, 0.15) is 6.10 Å². The van der Waals surface area contributed by atoms with E-state index in [-0.39, 0.29) is 12.5 Å². The summed E-state index contributed by atoms with van der Waals surface area (Å²) < 4.78 is 5.19. The van der Waals surface area contributed by atoms with Gasteiger partial charge in [0.15, 0.2) is 5.78 Å². The highest BCUT2D eigenvalue weighted by molar-refractivity contribution is 5.93. The maximum Gasteiger partial charge on any atom is 0.185 e. The molecule has 0 aromatic carbocycles. The summed E-state index contributed by atoms with van der Waals surface area (Å²) in [5, 5.41) is 8.80. The number of aliphatic hydroxyl groups excluding tert-OH is 1. The van der Waals surface area contributed by atoms with Crippen molar-refractivity contribution >= 4 is 5.78 Å². The molecule has 0 aromatic heterocycles. The number of morpholine rings is 1. The molecule has 0 spiro atoms. The lowest BCUT2D eigenvalue weighted by Gasteiger charge is -2.29. The molecule has 1 N–H and O–H groups in total. The van der Waals surface area contributed by atoms with Crippen molar-refractivity contribution in [2.24, 2.45) is 0 Å². The van der Waals surface area contributed by atoms with E-state index in [0.717, 1.165) is 0 Å². The Labute approximate surface area is 71.4 Å². The Morgan fingerprint density at radius 1 is 1.83 bits per heavy atom. The number of hydrogen-bond donors (Lipinski definition) is 1. The van der Waals surface area contributed by atoms with Gasteiger partial charge < -0.3 is 9.84 Å². The predicted octanol–water partition coefficient (Wildman–Crippen LogP) is -0.608. The van der Waals surface area contributed by atoms with E-state index < -0.39 is 6.10 Å². The van der Waals surface area contributed by atoms with Crippen LogP contribution in [0.25, 0.3) is 0 Å². The second-order valence-corrected chi connectivity index (χ2v) is 2.68. The lowest BCUT2D eigenvalue weighted by molar-refractivity contribution is -0.133. The van der Waals surface area contributed by atoms with E-state index in [1.54, 1.807) is 4.90 Å². The third kappa shape index (κ3) is 2.14. The molecular weight excluding hydrogens is 158 g/mol. The Balaban J connectivity index is 2.45. The summed E-state index contributed by atoms with van der Waals surface area (Å²) >= 11 is 0. The van der Waals surface area contributed by atoms with Gasteiger partial charge in [0.05, 0.1) is 13.3 Å². The third-order valence-corrected chi connectivity index (χ3v) is 1.87. The minimum absolute atomic E-state index is 0.0235. The first-order valence-electron chi connectivity index (χ1n) is 3.89. The second-order valence-electron chi connectivity index (χ2n) is 2.68. The number of carbonyl (C=O) groups is 1. The molecular formula is C8H13NO3. The standard InChI is InChI=1S/C8H13NO3/c1-2-7(11)8-5-9(6-10)3-4-12-8/h2,8,10H,1,3-6H2. The zero-order valence-electron chi connectivity index (χ0n) is 6.90. The van der Waals surface area contributed by atoms with Crippen LogP contribution in [0.2, 0.25) is 0 Å². The van der Waals surface area contributed by atoms with Crippen LogP contribution >= 0.6 is 0 Å². The van der Waals surface area contributed by atoms with Crippen LogP contribution in [0.1, 0.15) is 0 Å². The van der Waals surface area contributed by atoms with Gasteiger partial charge in [-0.25, -0.2) is 0 Å². The molecule has 0 aliphatic carbocycles. The average Bonchev–Trinajstić information content (AvgIpc) is 2.17. The van der Waals surface area contributed by atoms with E-state index in [4.69, 9.17) is 9.84 Å². The van der Waals surface area contributed by atoms with Gasteiger partial charge >= 0.3 is 0 Å². The maximum atomic E-state index is 11.1. The van der Waals surface area contributed by atoms with Crippen LogP contribution in [-0.4, -0.2) is 48.3 Å². The Kier molecular flexibility index (Phi) is 3.40. The van der Waals surface area contributed by atoms with E-state index in [2.05, 4.69) is 6.58 Å². The van der Waals surface area contributed by atoms with Gasteiger partial charge in [-0.3, -0.25) is 9.69 Å². The molecule has 1 unspecified atom stereocenters. The van der Waals surface area contributed by atoms with Crippen molar-refractivity contribution < 1.29 is 14.6 Å². The van der Waals surface area contributed by atoms with Crippen LogP contribution in [0.4, 0.5) is 0 Å². The van der Waals surface area contributed by atoms with Gasteiger partial charge in [-0.05, 0) is 6.08 Å². The van der Waals surface area contributed by atoms with Crippen LogP contribution in [0.15, 0.2) is 12.7 Å². The molecule has 0 saturated carbocycles. The highest BCUT2D eigenvalue weighted by atomic mass is 16.5. The number of aliphatic hydroxyl groups is 1. The molecule has 1 heterocycles. The van der Waals surface area contributed by atoms with Crippen LogP contribution < -0.4 is 0 Å². The normalized spacial score (nSPS) is 25.2. The molecule has 0 bridgehead atoms. The molecule has 0 amide bonds. The first-order valence-corrected chi connectivity index (χ1v) is 3.89. The predicted molar refractivity (Wildman–Crippen MR) is 43.6 cm³/mol. The van der Waals surface area contributed by atoms with Crippen LogP contribution in [0.3, 0.4) is 0 Å². The van der Waals surface area contributed by atoms with E-state index in [0.29, 0.717) is 19.7 Å². The Morgan fingerprint density at radius 3 is 3.17 bits per heavy atom. The minimum atomic E-state index is -0.441. The topological polar surface area (TPSA) is 49.8 Å². The summed E-state index contributed by atoms with van der Waals surface area (Å²) in [7, 11) is 0. The molecule has 4 heteroatoms. The fourth-order valence-electron chi connectivity index (χ4n) is 1.13. The molecule has 1 fully saturated rings. The summed E-state index contributed by atoms with van der Waals surface area (Å²) in [5.41, 5.74) is 0. The molecule has 1 saturated heterocycles. The van der Waals surface area contributed by atoms with Crippen LogP contribution in [0, 0.1) is 0 Å². The maximum absolute atomic E-state index is 11.1. The number of nitrogens with zero attached hydrogens (tertiary/aromatic N) is 1. The molecule has 1 rings (SSSR count). The first kappa shape index (κ1) is 9.38. The molecule has 0 radical (unpaired) electrons. The molecule has 1 aliphatic rings. The highest BCUT2D eigenvalue weighted by Gasteiger charge is 2.23. The molecule has 4 nitrogen and oxygen atoms in total. The number of hydrogen-bond acceptors (Lipinski definition) is 4. The SMILES string of the molecule is C=CC(=O)C1CN(CO)CCO1. The molecule has 1 aliphatic heterocycles. The Morgan fingerprint density at radius 2 is 2.58 bits per heavy atom. The molecule has 0 aromatic rings. The summed E-state index contributed by atoms with van der Waals surface area (Å²) in [6, 6.07) is 0. The summed E-state index contributed by atoms with van der Waals surface area (Å²) in [6.07, 6.45) is 0.814. The van der Waals surface area contributed by atoms with Gasteiger partial charge in [-0.2, -0.15) is 0 Å². The van der Waals surface area contributed by atoms with Crippen molar-refractivity contribution in [1.29, 1.82) is 0 Å². The van der Waals surface area contributed by atoms with Gasteiger partial charge in [0.2, 0.25) is 0 Å². The van der Waals surface area contributed by atoms with Gasteiger partial charge in [0, 0.05) is 13.1 Å². The van der Waals surface area contributed by atoms with Crippen molar-refractivity contribution in [2.75, 3.05) is 26.4 Å². The molecule has 1 atom stereocenters. The second kappa shape index (κ2) is 4.35. The number of carbonyl (C=O) groups excluding carboxylic acids is 1. The fourth-order valence-corrected chi connectivity index (χ4v) is 1.13. The monoisotopic (exact) mass is 171 g/mol. The van der Waals surface area contributed by atoms with Crippen molar-refractivity contribution in [1.82, 2.24) is 4.90 Å². The van der Waals surface area contributed by atoms with E-state index >= 15 is 0 Å². The molecule has 68 valence electrons. The van der Waals surface area contributed by atoms with Crippen LogP contribution in [-0.2, 0) is 9.53 Å². The highest BCUT2D eigenvalue weighted by Crippen LogP contribution is 2.05. The van der Waals surface area contributed by atoms with Crippen molar-refractivity contribution in [3.63, 3.8) is 0 Å². The zero-order chi connectivity index (χ0) is 8.97. The van der Waals surface area contributed by atoms with Crippen molar-refractivity contribution in [3.8, 4) is 0 Å². The average molecular weight is 171 g/mol. The fraction of sp³-hybridized carbons (Fsp3) is 0.625. The van der Waals surface area contributed by atoms with Gasteiger partial charge in [-0.15, -0.1) is 0 Å². The smallest absolute Gasteiger partial charge is 0.185 e. The largest absolute Gasteiger partial charge is 0.381 e. The van der Waals surface area contributed by atoms with E-state index in [1.165, 1.54) is 6.08 Å². The lowest BCUT2D eigenvalue weighted by Crippen LogP contribution is -2.45. The summed E-state index contributed by atoms with van der Waals surface area (Å²) in [4.78, 5) is 12.8. The van der Waals surface area contributed by atoms with Crippen LogP contribution in [0.5, 0.6) is 0 Å². The number of rotatable bonds is 3. The first-order chi connectivity index (χ1) is 5.77. The van der Waals surface area contributed by atoms with E-state index in [9.17, 15) is 4.79 Å². The Bertz CT molecular complexity index is 181. The summed E-state index contributed by atoms with van der Waals surface area (Å²) in [5.74, 6) is -0.117. The molecule has 12 heavy (non-hydrogen) atoms. The van der Waals surface area contributed by atoms with Gasteiger partial charge in [0.25, 0.3) is 0 Å². The minimum Gasteiger partial charge on any atom is -0.381 e. The third-order valence-electron chi connectivity index (χ3n) is 1.87. The van der Waals surface area contributed by atoms with E-state index in [1.807, 2.05) is 0 Å². The number of ether oxygens (including phenoxy) is 1.